The predicted molar refractivity (Wildman–Crippen MR) is 91.7 cm³/mol. The molecule has 0 fully saturated rings. The minimum absolute atomic E-state index is 0.0230. The number of unbranched alkanes of at least 4 members (excludes halogenated alkanes) is 5. The molecule has 2 rings (SSSR count). The molecule has 0 amide bonds. The molecule has 0 saturated heterocycles. The van der Waals surface area contributed by atoms with Crippen LogP contribution in [-0.4, -0.2) is 25.1 Å². The maximum atomic E-state index is 12.8. The monoisotopic (exact) mass is 337 g/mol. The maximum Gasteiger partial charge on any atom is 0.243 e. The standard InChI is InChI=1S/C18H27NO3S/c1-3-4-5-6-7-10-13-19-17(14-15(2)20)16-11-8-9-12-18(16)23(19,21)22/h8-9,11-12,17H,3-7,10,13-14H2,1-2H3/t17-/m0/s1. The van der Waals surface area contributed by atoms with Gasteiger partial charge in [-0.05, 0) is 25.0 Å². The van der Waals surface area contributed by atoms with Gasteiger partial charge in [-0.1, -0.05) is 57.2 Å². The highest BCUT2D eigenvalue weighted by molar-refractivity contribution is 7.89. The van der Waals surface area contributed by atoms with Gasteiger partial charge < -0.3 is 0 Å². The molecule has 4 nitrogen and oxygen atoms in total. The molecule has 0 aromatic heterocycles. The zero-order valence-corrected chi connectivity index (χ0v) is 14.9. The number of nitrogens with zero attached hydrogens (tertiary/aromatic N) is 1. The highest BCUT2D eigenvalue weighted by Gasteiger charge is 2.42. The summed E-state index contributed by atoms with van der Waals surface area (Å²) >= 11 is 0. The summed E-state index contributed by atoms with van der Waals surface area (Å²) in [5, 5.41) is 0. The number of rotatable bonds is 9. The fraction of sp³-hybridized carbons (Fsp3) is 0.611. The number of hydrogen-bond acceptors (Lipinski definition) is 3. The van der Waals surface area contributed by atoms with E-state index in [-0.39, 0.29) is 18.2 Å². The van der Waals surface area contributed by atoms with Crippen molar-refractivity contribution in [2.75, 3.05) is 6.54 Å². The average molecular weight is 337 g/mol. The van der Waals surface area contributed by atoms with E-state index < -0.39 is 10.0 Å². The van der Waals surface area contributed by atoms with Gasteiger partial charge in [0.2, 0.25) is 10.0 Å². The zero-order valence-electron chi connectivity index (χ0n) is 14.1. The quantitative estimate of drug-likeness (QED) is 0.638. The Morgan fingerprint density at radius 3 is 2.43 bits per heavy atom. The first-order valence-electron chi connectivity index (χ1n) is 8.58. The molecular weight excluding hydrogens is 310 g/mol. The molecule has 23 heavy (non-hydrogen) atoms. The third kappa shape index (κ3) is 4.21. The Kier molecular flexibility index (Phi) is 6.36. The van der Waals surface area contributed by atoms with E-state index in [1.54, 1.807) is 16.4 Å². The molecular formula is C18H27NO3S. The second-order valence-electron chi connectivity index (χ2n) is 6.34. The first kappa shape index (κ1) is 18.1. The van der Waals surface area contributed by atoms with E-state index in [1.807, 2.05) is 12.1 Å². The third-order valence-corrected chi connectivity index (χ3v) is 6.41. The SMILES string of the molecule is CCCCCCCCN1[C@@H](CC(C)=O)c2ccccc2S1(=O)=O. The van der Waals surface area contributed by atoms with Crippen molar-refractivity contribution in [3.05, 3.63) is 29.8 Å². The van der Waals surface area contributed by atoms with Gasteiger partial charge in [-0.3, -0.25) is 4.79 Å². The fourth-order valence-electron chi connectivity index (χ4n) is 3.25. The molecule has 1 aromatic carbocycles. The summed E-state index contributed by atoms with van der Waals surface area (Å²) in [5.74, 6) is 0.0230. The molecule has 1 aliphatic rings. The molecule has 5 heteroatoms. The maximum absolute atomic E-state index is 12.8. The van der Waals surface area contributed by atoms with Gasteiger partial charge in [0.05, 0.1) is 10.9 Å². The van der Waals surface area contributed by atoms with E-state index in [0.29, 0.717) is 11.4 Å². The van der Waals surface area contributed by atoms with Crippen LogP contribution in [0.1, 0.15) is 70.4 Å². The largest absolute Gasteiger partial charge is 0.300 e. The van der Waals surface area contributed by atoms with Gasteiger partial charge in [-0.25, -0.2) is 8.42 Å². The number of benzene rings is 1. The van der Waals surface area contributed by atoms with Crippen LogP contribution in [0.15, 0.2) is 29.2 Å². The topological polar surface area (TPSA) is 54.5 Å². The minimum atomic E-state index is -3.46. The van der Waals surface area contributed by atoms with Crippen LogP contribution in [0.25, 0.3) is 0 Å². The second-order valence-corrected chi connectivity index (χ2v) is 8.20. The molecule has 128 valence electrons. The van der Waals surface area contributed by atoms with E-state index in [0.717, 1.165) is 24.8 Å². The van der Waals surface area contributed by atoms with Crippen molar-refractivity contribution in [2.24, 2.45) is 0 Å². The number of carbonyl (C=O) groups excluding carboxylic acids is 1. The van der Waals surface area contributed by atoms with Crippen molar-refractivity contribution < 1.29 is 13.2 Å². The first-order chi connectivity index (χ1) is 11.0. The van der Waals surface area contributed by atoms with E-state index in [2.05, 4.69) is 6.92 Å². The van der Waals surface area contributed by atoms with Crippen molar-refractivity contribution >= 4 is 15.8 Å². The third-order valence-electron chi connectivity index (χ3n) is 4.43. The van der Waals surface area contributed by atoms with E-state index in [4.69, 9.17) is 0 Å². The number of ketones is 1. The number of sulfonamides is 1. The lowest BCUT2D eigenvalue weighted by atomic mass is 10.0. The van der Waals surface area contributed by atoms with Gasteiger partial charge in [-0.2, -0.15) is 4.31 Å². The molecule has 0 N–H and O–H groups in total. The fourth-order valence-corrected chi connectivity index (χ4v) is 5.15. The molecule has 0 spiro atoms. The van der Waals surface area contributed by atoms with E-state index in [9.17, 15) is 13.2 Å². The van der Waals surface area contributed by atoms with Crippen molar-refractivity contribution in [3.8, 4) is 0 Å². The molecule has 1 atom stereocenters. The van der Waals surface area contributed by atoms with Crippen LogP contribution in [0.3, 0.4) is 0 Å². The van der Waals surface area contributed by atoms with Crippen molar-refractivity contribution in [1.82, 2.24) is 4.31 Å². The summed E-state index contributed by atoms with van der Waals surface area (Å²) in [6.45, 7) is 4.21. The van der Waals surface area contributed by atoms with Crippen molar-refractivity contribution in [3.63, 3.8) is 0 Å². The van der Waals surface area contributed by atoms with Crippen LogP contribution >= 0.6 is 0 Å². The lowest BCUT2D eigenvalue weighted by Gasteiger charge is -2.22. The van der Waals surface area contributed by atoms with Crippen LogP contribution in [0.2, 0.25) is 0 Å². The summed E-state index contributed by atoms with van der Waals surface area (Å²) in [4.78, 5) is 12.0. The van der Waals surface area contributed by atoms with Gasteiger partial charge in [0, 0.05) is 13.0 Å². The minimum Gasteiger partial charge on any atom is -0.300 e. The predicted octanol–water partition coefficient (Wildman–Crippen LogP) is 4.07. The number of hydrogen-bond donors (Lipinski definition) is 0. The molecule has 1 aromatic rings. The normalized spacial score (nSPS) is 19.7. The van der Waals surface area contributed by atoms with Crippen LogP contribution in [-0.2, 0) is 14.8 Å². The summed E-state index contributed by atoms with van der Waals surface area (Å²) in [6.07, 6.45) is 6.94. The molecule has 0 bridgehead atoms. The van der Waals surface area contributed by atoms with Crippen LogP contribution < -0.4 is 0 Å². The molecule has 1 aliphatic heterocycles. The molecule has 0 unspecified atom stereocenters. The molecule has 1 heterocycles. The Balaban J connectivity index is 2.09. The molecule has 0 radical (unpaired) electrons. The average Bonchev–Trinajstić information content (AvgIpc) is 2.71. The van der Waals surface area contributed by atoms with Crippen LogP contribution in [0.5, 0.6) is 0 Å². The highest BCUT2D eigenvalue weighted by Crippen LogP contribution is 2.41. The lowest BCUT2D eigenvalue weighted by molar-refractivity contribution is -0.117. The second kappa shape index (κ2) is 8.06. The Hall–Kier alpha value is -1.20. The van der Waals surface area contributed by atoms with Gasteiger partial charge in [-0.15, -0.1) is 0 Å². The smallest absolute Gasteiger partial charge is 0.243 e. The Labute approximate surface area is 139 Å². The Morgan fingerprint density at radius 2 is 1.74 bits per heavy atom. The van der Waals surface area contributed by atoms with Crippen LogP contribution in [0.4, 0.5) is 0 Å². The lowest BCUT2D eigenvalue weighted by Crippen LogP contribution is -2.30. The van der Waals surface area contributed by atoms with Gasteiger partial charge in [0.25, 0.3) is 0 Å². The van der Waals surface area contributed by atoms with Gasteiger partial charge in [0.15, 0.2) is 0 Å². The molecule has 0 aliphatic carbocycles. The number of carbonyl (C=O) groups is 1. The molecule has 0 saturated carbocycles. The van der Waals surface area contributed by atoms with Crippen molar-refractivity contribution in [1.29, 1.82) is 0 Å². The summed E-state index contributed by atoms with van der Waals surface area (Å²) in [5.41, 5.74) is 0.772. The number of fused-ring (bicyclic) bond motifs is 1. The van der Waals surface area contributed by atoms with Crippen molar-refractivity contribution in [2.45, 2.75) is 69.7 Å². The summed E-state index contributed by atoms with van der Waals surface area (Å²) in [6, 6.07) is 6.75. The first-order valence-corrected chi connectivity index (χ1v) is 10.0. The van der Waals surface area contributed by atoms with E-state index in [1.165, 1.54) is 26.2 Å². The summed E-state index contributed by atoms with van der Waals surface area (Å²) in [7, 11) is -3.46. The van der Waals surface area contributed by atoms with Gasteiger partial charge >= 0.3 is 0 Å². The van der Waals surface area contributed by atoms with Gasteiger partial charge in [0.1, 0.15) is 5.78 Å². The Morgan fingerprint density at radius 1 is 1.09 bits per heavy atom. The van der Waals surface area contributed by atoms with E-state index >= 15 is 0 Å². The number of Topliss-reactive ketones (excluding diaryl/α,β-unsaturated/α-hetero) is 1. The highest BCUT2D eigenvalue weighted by atomic mass is 32.2. The van der Waals surface area contributed by atoms with Crippen LogP contribution in [0, 0.1) is 0 Å². The zero-order chi connectivity index (χ0) is 16.9. The Bertz CT molecular complexity index is 639. The summed E-state index contributed by atoms with van der Waals surface area (Å²) < 4.78 is 27.1.